The van der Waals surface area contributed by atoms with E-state index in [9.17, 15) is 14.7 Å². The summed E-state index contributed by atoms with van der Waals surface area (Å²) in [7, 11) is 0. The standard InChI is InChI=1S/C19H15NO3S2/c1-11-5-3-4-6-13(11)10-16-17(21)20(19(24)25-16)15-9-14(18(22)23)8-7-12(15)2/h3-10H,1-2H3,(H,22,23)/p-1/b16-10-. The maximum absolute atomic E-state index is 12.9. The molecule has 0 unspecified atom stereocenters. The van der Waals surface area contributed by atoms with Crippen LogP contribution in [0.2, 0.25) is 0 Å². The van der Waals surface area contributed by atoms with Gasteiger partial charge in [0.05, 0.1) is 16.6 Å². The van der Waals surface area contributed by atoms with E-state index < -0.39 is 5.97 Å². The van der Waals surface area contributed by atoms with Crippen molar-refractivity contribution in [1.82, 2.24) is 0 Å². The highest BCUT2D eigenvalue weighted by atomic mass is 32.2. The second-order valence-electron chi connectivity index (χ2n) is 5.66. The van der Waals surface area contributed by atoms with E-state index in [0.29, 0.717) is 14.9 Å². The first-order valence-corrected chi connectivity index (χ1v) is 8.76. The number of hydrogen-bond acceptors (Lipinski definition) is 5. The minimum Gasteiger partial charge on any atom is -0.545 e. The highest BCUT2D eigenvalue weighted by Crippen LogP contribution is 2.37. The number of rotatable bonds is 3. The molecule has 0 aromatic heterocycles. The summed E-state index contributed by atoms with van der Waals surface area (Å²) in [6, 6.07) is 12.3. The molecule has 4 nitrogen and oxygen atoms in total. The number of aryl methyl sites for hydroxylation is 2. The average Bonchev–Trinajstić information content (AvgIpc) is 2.84. The molecule has 1 amide bonds. The zero-order chi connectivity index (χ0) is 18.1. The first kappa shape index (κ1) is 17.4. The SMILES string of the molecule is Cc1ccccc1/C=C1\SC(=S)N(c2cc(C(=O)[O-])ccc2C)C1=O. The zero-order valence-corrected chi connectivity index (χ0v) is 15.2. The molecule has 25 heavy (non-hydrogen) atoms. The molecule has 2 aromatic rings. The van der Waals surface area contributed by atoms with Crippen LogP contribution in [0.15, 0.2) is 47.4 Å². The van der Waals surface area contributed by atoms with Crippen LogP contribution in [0.5, 0.6) is 0 Å². The summed E-state index contributed by atoms with van der Waals surface area (Å²) in [5, 5.41) is 11.1. The number of thioether (sulfide) groups is 1. The van der Waals surface area contributed by atoms with Crippen molar-refractivity contribution in [2.24, 2.45) is 0 Å². The molecule has 126 valence electrons. The van der Waals surface area contributed by atoms with Gasteiger partial charge in [0.1, 0.15) is 0 Å². The Kier molecular flexibility index (Phi) is 4.74. The molecule has 0 aliphatic carbocycles. The summed E-state index contributed by atoms with van der Waals surface area (Å²) in [5.74, 6) is -1.54. The summed E-state index contributed by atoms with van der Waals surface area (Å²) in [6.45, 7) is 3.78. The normalized spacial score (nSPS) is 15.9. The maximum atomic E-state index is 12.9. The minimum atomic E-state index is -1.29. The Hall–Kier alpha value is -2.44. The molecular formula is C19H14NO3S2-. The maximum Gasteiger partial charge on any atom is 0.270 e. The van der Waals surface area contributed by atoms with Gasteiger partial charge < -0.3 is 9.90 Å². The van der Waals surface area contributed by atoms with Gasteiger partial charge in [-0.15, -0.1) is 0 Å². The number of thiocarbonyl (C=S) groups is 1. The fourth-order valence-electron chi connectivity index (χ4n) is 2.54. The Bertz CT molecular complexity index is 934. The van der Waals surface area contributed by atoms with Crippen LogP contribution in [0.3, 0.4) is 0 Å². The van der Waals surface area contributed by atoms with Crippen LogP contribution in [-0.2, 0) is 4.79 Å². The number of hydrogen-bond donors (Lipinski definition) is 0. The molecule has 0 spiro atoms. The quantitative estimate of drug-likeness (QED) is 0.615. The van der Waals surface area contributed by atoms with Crippen LogP contribution in [0.4, 0.5) is 5.69 Å². The largest absolute Gasteiger partial charge is 0.545 e. The van der Waals surface area contributed by atoms with Crippen LogP contribution >= 0.6 is 24.0 Å². The number of carbonyl (C=O) groups excluding carboxylic acids is 2. The molecule has 0 bridgehead atoms. The van der Waals surface area contributed by atoms with Gasteiger partial charge in [-0.1, -0.05) is 60.4 Å². The van der Waals surface area contributed by atoms with Crippen molar-refractivity contribution in [2.45, 2.75) is 13.8 Å². The molecule has 1 heterocycles. The van der Waals surface area contributed by atoms with Crippen LogP contribution in [-0.4, -0.2) is 16.2 Å². The van der Waals surface area contributed by atoms with E-state index in [4.69, 9.17) is 12.2 Å². The fourth-order valence-corrected chi connectivity index (χ4v) is 3.82. The highest BCUT2D eigenvalue weighted by molar-refractivity contribution is 8.27. The minimum absolute atomic E-state index is 0.0116. The molecule has 1 aliphatic rings. The van der Waals surface area contributed by atoms with Crippen molar-refractivity contribution >= 4 is 51.9 Å². The van der Waals surface area contributed by atoms with E-state index in [2.05, 4.69) is 0 Å². The average molecular weight is 368 g/mol. The molecule has 0 radical (unpaired) electrons. The van der Waals surface area contributed by atoms with Crippen molar-refractivity contribution < 1.29 is 14.7 Å². The molecule has 6 heteroatoms. The molecular weight excluding hydrogens is 354 g/mol. The predicted molar refractivity (Wildman–Crippen MR) is 102 cm³/mol. The van der Waals surface area contributed by atoms with Crippen molar-refractivity contribution in [3.05, 3.63) is 69.6 Å². The number of benzene rings is 2. The third kappa shape index (κ3) is 3.36. The topological polar surface area (TPSA) is 60.4 Å². The van der Waals surface area contributed by atoms with Crippen molar-refractivity contribution in [2.75, 3.05) is 4.90 Å². The van der Waals surface area contributed by atoms with Crippen LogP contribution in [0.1, 0.15) is 27.0 Å². The monoisotopic (exact) mass is 368 g/mol. The number of carboxylic acid groups (broad SMARTS) is 1. The second-order valence-corrected chi connectivity index (χ2v) is 7.34. The first-order valence-electron chi connectivity index (χ1n) is 7.54. The predicted octanol–water partition coefficient (Wildman–Crippen LogP) is 3.07. The fraction of sp³-hybridized carbons (Fsp3) is 0.105. The summed E-state index contributed by atoms with van der Waals surface area (Å²) in [5.41, 5.74) is 3.25. The van der Waals surface area contributed by atoms with Gasteiger partial charge in [-0.3, -0.25) is 9.69 Å². The van der Waals surface area contributed by atoms with E-state index >= 15 is 0 Å². The second kappa shape index (κ2) is 6.82. The Labute approximate surface area is 155 Å². The summed E-state index contributed by atoms with van der Waals surface area (Å²) in [4.78, 5) is 25.9. The van der Waals surface area contributed by atoms with Crippen LogP contribution < -0.4 is 10.0 Å². The van der Waals surface area contributed by atoms with E-state index in [1.54, 1.807) is 13.0 Å². The first-order chi connectivity index (χ1) is 11.9. The lowest BCUT2D eigenvalue weighted by Crippen LogP contribution is -2.29. The lowest BCUT2D eigenvalue weighted by molar-refractivity contribution is -0.255. The summed E-state index contributed by atoms with van der Waals surface area (Å²) >= 11 is 6.57. The molecule has 0 atom stereocenters. The van der Waals surface area contributed by atoms with Crippen LogP contribution in [0, 0.1) is 13.8 Å². The number of carbonyl (C=O) groups is 2. The lowest BCUT2D eigenvalue weighted by atomic mass is 10.1. The summed E-state index contributed by atoms with van der Waals surface area (Å²) in [6.07, 6.45) is 1.81. The lowest BCUT2D eigenvalue weighted by Gasteiger charge is -2.18. The van der Waals surface area contributed by atoms with E-state index in [-0.39, 0.29) is 11.5 Å². The molecule has 0 saturated carbocycles. The number of nitrogens with zero attached hydrogens (tertiary/aromatic N) is 1. The van der Waals surface area contributed by atoms with Gasteiger partial charge in [0.2, 0.25) is 0 Å². The third-order valence-electron chi connectivity index (χ3n) is 3.95. The van der Waals surface area contributed by atoms with Crippen molar-refractivity contribution in [1.29, 1.82) is 0 Å². The van der Waals surface area contributed by atoms with Gasteiger partial charge in [-0.25, -0.2) is 0 Å². The molecule has 2 aromatic carbocycles. The molecule has 3 rings (SSSR count). The third-order valence-corrected chi connectivity index (χ3v) is 5.26. The Morgan fingerprint density at radius 1 is 1.16 bits per heavy atom. The number of anilines is 1. The van der Waals surface area contributed by atoms with Gasteiger partial charge in [0.25, 0.3) is 5.91 Å². The van der Waals surface area contributed by atoms with Gasteiger partial charge in [-0.2, -0.15) is 0 Å². The Morgan fingerprint density at radius 3 is 2.56 bits per heavy atom. The molecule has 1 fully saturated rings. The van der Waals surface area contributed by atoms with E-state index in [1.165, 1.54) is 28.8 Å². The van der Waals surface area contributed by atoms with Gasteiger partial charge >= 0.3 is 0 Å². The molecule has 1 aliphatic heterocycles. The number of carboxylic acids is 1. The Morgan fingerprint density at radius 2 is 1.88 bits per heavy atom. The van der Waals surface area contributed by atoms with Crippen LogP contribution in [0.25, 0.3) is 6.08 Å². The Balaban J connectivity index is 2.02. The zero-order valence-electron chi connectivity index (χ0n) is 13.6. The van der Waals surface area contributed by atoms with E-state index in [0.717, 1.165) is 16.7 Å². The van der Waals surface area contributed by atoms with Gasteiger partial charge in [0, 0.05) is 0 Å². The van der Waals surface area contributed by atoms with E-state index in [1.807, 2.05) is 37.3 Å². The van der Waals surface area contributed by atoms with Gasteiger partial charge in [0.15, 0.2) is 4.32 Å². The van der Waals surface area contributed by atoms with Crippen molar-refractivity contribution in [3.63, 3.8) is 0 Å². The number of amides is 1. The van der Waals surface area contributed by atoms with Crippen molar-refractivity contribution in [3.8, 4) is 0 Å². The number of aromatic carboxylic acids is 1. The molecule has 1 saturated heterocycles. The molecule has 0 N–H and O–H groups in total. The highest BCUT2D eigenvalue weighted by Gasteiger charge is 2.34. The van der Waals surface area contributed by atoms with Gasteiger partial charge in [-0.05, 0) is 48.2 Å². The smallest absolute Gasteiger partial charge is 0.270 e. The summed E-state index contributed by atoms with van der Waals surface area (Å²) < 4.78 is 0.378.